The molecule has 1 aromatic carbocycles. The number of nitrogens with two attached hydrogens (primary N) is 1. The maximum Gasteiger partial charge on any atom is 0.316 e. The second-order valence-corrected chi connectivity index (χ2v) is 5.03. The van der Waals surface area contributed by atoms with Gasteiger partial charge >= 0.3 is 6.03 Å². The highest BCUT2D eigenvalue weighted by Gasteiger charge is 2.13. The van der Waals surface area contributed by atoms with Gasteiger partial charge in [-0.05, 0) is 12.1 Å². The van der Waals surface area contributed by atoms with Gasteiger partial charge in [0.1, 0.15) is 0 Å². The maximum absolute atomic E-state index is 11.9. The van der Waals surface area contributed by atoms with Crippen LogP contribution in [0.1, 0.15) is 10.4 Å². The Labute approximate surface area is 127 Å². The first-order chi connectivity index (χ1) is 9.32. The lowest BCUT2D eigenvalue weighted by Crippen LogP contribution is -2.39. The van der Waals surface area contributed by atoms with Gasteiger partial charge in [-0.3, -0.25) is 4.79 Å². The predicted octanol–water partition coefficient (Wildman–Crippen LogP) is 1.58. The lowest BCUT2D eigenvalue weighted by atomic mass is 10.2. The Hall–Kier alpha value is -1.66. The van der Waals surface area contributed by atoms with Gasteiger partial charge in [0.15, 0.2) is 0 Å². The van der Waals surface area contributed by atoms with E-state index in [-0.39, 0.29) is 28.2 Å². The number of nitrogen functional groups attached to an aromatic ring is 1. The Morgan fingerprint density at radius 2 is 1.80 bits per heavy atom. The number of nitrogens with zero attached hydrogens (tertiary/aromatic N) is 1. The first-order valence-corrected chi connectivity index (χ1v) is 6.56. The molecule has 0 fully saturated rings. The molecule has 0 bridgehead atoms. The quantitative estimate of drug-likeness (QED) is 0.581. The third-order valence-corrected chi connectivity index (χ3v) is 3.19. The van der Waals surface area contributed by atoms with Gasteiger partial charge in [-0.15, -0.1) is 0 Å². The second kappa shape index (κ2) is 7.21. The lowest BCUT2D eigenvalue weighted by Gasteiger charge is -2.12. The minimum Gasteiger partial charge on any atom is -0.399 e. The average Bonchev–Trinajstić information content (AvgIpc) is 2.38. The number of rotatable bonds is 4. The van der Waals surface area contributed by atoms with Crippen molar-refractivity contribution in [1.82, 2.24) is 15.5 Å². The van der Waals surface area contributed by atoms with E-state index in [2.05, 4.69) is 10.6 Å². The van der Waals surface area contributed by atoms with Gasteiger partial charge in [-0.25, -0.2) is 4.79 Å². The van der Waals surface area contributed by atoms with Gasteiger partial charge < -0.3 is 21.3 Å². The van der Waals surface area contributed by atoms with E-state index in [1.54, 1.807) is 14.1 Å². The molecule has 110 valence electrons. The van der Waals surface area contributed by atoms with Gasteiger partial charge in [0, 0.05) is 32.9 Å². The first-order valence-electron chi connectivity index (χ1n) is 5.80. The molecule has 3 amide bonds. The van der Waals surface area contributed by atoms with E-state index in [0.29, 0.717) is 12.2 Å². The SMILES string of the molecule is CN(C)C(=O)NCCNC(=O)c1cc(N)cc(Cl)c1Cl. The molecule has 20 heavy (non-hydrogen) atoms. The normalized spacial score (nSPS) is 10.0. The Kier molecular flexibility index (Phi) is 5.91. The number of amides is 3. The summed E-state index contributed by atoms with van der Waals surface area (Å²) in [6.07, 6.45) is 0. The van der Waals surface area contributed by atoms with Gasteiger partial charge in [-0.1, -0.05) is 23.2 Å². The monoisotopic (exact) mass is 318 g/mol. The molecule has 0 atom stereocenters. The fraction of sp³-hybridized carbons (Fsp3) is 0.333. The maximum atomic E-state index is 11.9. The van der Waals surface area contributed by atoms with Crippen LogP contribution < -0.4 is 16.4 Å². The van der Waals surface area contributed by atoms with Crippen molar-refractivity contribution in [2.45, 2.75) is 0 Å². The smallest absolute Gasteiger partial charge is 0.316 e. The molecular weight excluding hydrogens is 303 g/mol. The summed E-state index contributed by atoms with van der Waals surface area (Å²) < 4.78 is 0. The van der Waals surface area contributed by atoms with Crippen LogP contribution in [0.4, 0.5) is 10.5 Å². The zero-order valence-corrected chi connectivity index (χ0v) is 12.7. The zero-order valence-electron chi connectivity index (χ0n) is 11.2. The van der Waals surface area contributed by atoms with E-state index in [0.717, 1.165) is 0 Å². The summed E-state index contributed by atoms with van der Waals surface area (Å²) in [5.41, 5.74) is 6.16. The summed E-state index contributed by atoms with van der Waals surface area (Å²) in [5.74, 6) is -0.400. The predicted molar refractivity (Wildman–Crippen MR) is 80.3 cm³/mol. The minimum absolute atomic E-state index is 0.149. The molecule has 0 saturated heterocycles. The number of benzene rings is 1. The van der Waals surface area contributed by atoms with Crippen molar-refractivity contribution < 1.29 is 9.59 Å². The largest absolute Gasteiger partial charge is 0.399 e. The summed E-state index contributed by atoms with van der Waals surface area (Å²) in [5, 5.41) is 5.60. The summed E-state index contributed by atoms with van der Waals surface area (Å²) in [6.45, 7) is 0.567. The third kappa shape index (κ3) is 4.47. The van der Waals surface area contributed by atoms with Crippen molar-refractivity contribution in [2.75, 3.05) is 32.9 Å². The van der Waals surface area contributed by atoms with Crippen LogP contribution in [-0.2, 0) is 0 Å². The highest BCUT2D eigenvalue weighted by Crippen LogP contribution is 2.28. The molecule has 0 spiro atoms. The number of carbonyl (C=O) groups excluding carboxylic acids is 2. The van der Waals surface area contributed by atoms with E-state index in [4.69, 9.17) is 28.9 Å². The molecule has 0 aromatic heterocycles. The highest BCUT2D eigenvalue weighted by atomic mass is 35.5. The van der Waals surface area contributed by atoms with E-state index < -0.39 is 5.91 Å². The molecular formula is C12H16Cl2N4O2. The second-order valence-electron chi connectivity index (χ2n) is 4.25. The van der Waals surface area contributed by atoms with Gasteiger partial charge in [0.05, 0.1) is 15.6 Å². The summed E-state index contributed by atoms with van der Waals surface area (Å²) in [6, 6.07) is 2.68. The number of anilines is 1. The lowest BCUT2D eigenvalue weighted by molar-refractivity contribution is 0.0954. The van der Waals surface area contributed by atoms with Crippen LogP contribution >= 0.6 is 23.2 Å². The molecule has 8 heteroatoms. The Morgan fingerprint density at radius 1 is 1.20 bits per heavy atom. The molecule has 0 aliphatic rings. The Morgan fingerprint density at radius 3 is 2.40 bits per heavy atom. The molecule has 1 aromatic rings. The Balaban J connectivity index is 2.54. The number of urea groups is 1. The van der Waals surface area contributed by atoms with Crippen LogP contribution in [0.3, 0.4) is 0 Å². The minimum atomic E-state index is -0.400. The van der Waals surface area contributed by atoms with Crippen molar-refractivity contribution in [1.29, 1.82) is 0 Å². The fourth-order valence-corrected chi connectivity index (χ4v) is 1.80. The molecule has 0 aliphatic carbocycles. The number of carbonyl (C=O) groups is 2. The number of halogens is 2. The highest BCUT2D eigenvalue weighted by molar-refractivity contribution is 6.44. The molecule has 1 rings (SSSR count). The Bertz CT molecular complexity index is 520. The van der Waals surface area contributed by atoms with E-state index in [1.165, 1.54) is 17.0 Å². The van der Waals surface area contributed by atoms with Crippen molar-refractivity contribution in [3.8, 4) is 0 Å². The molecule has 0 aliphatic heterocycles. The van der Waals surface area contributed by atoms with Crippen LogP contribution in [-0.4, -0.2) is 44.0 Å². The average molecular weight is 319 g/mol. The van der Waals surface area contributed by atoms with Gasteiger partial charge in [0.2, 0.25) is 0 Å². The van der Waals surface area contributed by atoms with Crippen LogP contribution in [0, 0.1) is 0 Å². The summed E-state index contributed by atoms with van der Waals surface area (Å²) >= 11 is 11.8. The van der Waals surface area contributed by atoms with Crippen molar-refractivity contribution in [3.63, 3.8) is 0 Å². The van der Waals surface area contributed by atoms with E-state index >= 15 is 0 Å². The summed E-state index contributed by atoms with van der Waals surface area (Å²) in [4.78, 5) is 24.6. The summed E-state index contributed by atoms with van der Waals surface area (Å²) in [7, 11) is 3.25. The molecule has 0 unspecified atom stereocenters. The molecule has 0 saturated carbocycles. The van der Waals surface area contributed by atoms with Crippen molar-refractivity contribution in [3.05, 3.63) is 27.7 Å². The fourth-order valence-electron chi connectivity index (χ4n) is 1.37. The number of nitrogens with one attached hydrogen (secondary N) is 2. The van der Waals surface area contributed by atoms with Crippen LogP contribution in [0.15, 0.2) is 12.1 Å². The van der Waals surface area contributed by atoms with Crippen LogP contribution in [0.2, 0.25) is 10.0 Å². The molecule has 0 radical (unpaired) electrons. The zero-order chi connectivity index (χ0) is 15.3. The van der Waals surface area contributed by atoms with Crippen LogP contribution in [0.25, 0.3) is 0 Å². The number of hydrogen-bond donors (Lipinski definition) is 3. The van der Waals surface area contributed by atoms with E-state index in [9.17, 15) is 9.59 Å². The molecule has 6 nitrogen and oxygen atoms in total. The first kappa shape index (κ1) is 16.4. The molecule has 4 N–H and O–H groups in total. The van der Waals surface area contributed by atoms with Gasteiger partial charge in [-0.2, -0.15) is 0 Å². The third-order valence-electron chi connectivity index (χ3n) is 2.39. The van der Waals surface area contributed by atoms with Gasteiger partial charge in [0.25, 0.3) is 5.91 Å². The topological polar surface area (TPSA) is 87.5 Å². The number of hydrogen-bond acceptors (Lipinski definition) is 3. The van der Waals surface area contributed by atoms with Crippen LogP contribution in [0.5, 0.6) is 0 Å². The standard InChI is InChI=1S/C12H16Cl2N4O2/c1-18(2)12(20)17-4-3-16-11(19)8-5-7(15)6-9(13)10(8)14/h5-6H,3-4,15H2,1-2H3,(H,16,19)(H,17,20). The van der Waals surface area contributed by atoms with Crippen molar-refractivity contribution >= 4 is 40.8 Å². The molecule has 0 heterocycles. The van der Waals surface area contributed by atoms with E-state index in [1.807, 2.05) is 0 Å². The van der Waals surface area contributed by atoms with Crippen molar-refractivity contribution in [2.24, 2.45) is 0 Å².